The molecule has 1 saturated carbocycles. The monoisotopic (exact) mass is 249 g/mol. The second kappa shape index (κ2) is 5.40. The molecule has 0 atom stereocenters. The molecule has 1 aromatic rings. The third-order valence-corrected chi connectivity index (χ3v) is 3.34. The number of hydrogen-bond acceptors (Lipinski definition) is 3. The Morgan fingerprint density at radius 1 is 1.50 bits per heavy atom. The minimum absolute atomic E-state index is 0.323. The molecule has 0 heterocycles. The number of nitrogens with one attached hydrogen (secondary N) is 1. The van der Waals surface area contributed by atoms with Crippen LogP contribution in [0.4, 0.5) is 5.69 Å². The minimum atomic E-state index is -0.890. The van der Waals surface area contributed by atoms with Gasteiger partial charge in [0.05, 0.1) is 11.7 Å². The van der Waals surface area contributed by atoms with Crippen molar-refractivity contribution in [3.8, 4) is 0 Å². The van der Waals surface area contributed by atoms with E-state index in [1.807, 2.05) is 19.9 Å². The number of carboxylic acids is 1. The molecular formula is C14H19NO3. The molecule has 1 aromatic carbocycles. The van der Waals surface area contributed by atoms with Gasteiger partial charge in [-0.05, 0) is 44.4 Å². The summed E-state index contributed by atoms with van der Waals surface area (Å²) in [6.45, 7) is 4.73. The first kappa shape index (κ1) is 12.9. The Morgan fingerprint density at radius 2 is 2.22 bits per heavy atom. The van der Waals surface area contributed by atoms with Gasteiger partial charge in [-0.3, -0.25) is 0 Å². The van der Waals surface area contributed by atoms with Gasteiger partial charge in [-0.1, -0.05) is 6.07 Å². The Hall–Kier alpha value is -1.55. The van der Waals surface area contributed by atoms with Gasteiger partial charge in [0.25, 0.3) is 0 Å². The number of aromatic carboxylic acids is 1. The largest absolute Gasteiger partial charge is 0.478 e. The Bertz CT molecular complexity index is 439. The predicted molar refractivity (Wildman–Crippen MR) is 70.2 cm³/mol. The van der Waals surface area contributed by atoms with Crippen LogP contribution < -0.4 is 5.32 Å². The number of carboxylic acid groups (broad SMARTS) is 1. The van der Waals surface area contributed by atoms with Crippen molar-refractivity contribution in [3.63, 3.8) is 0 Å². The maximum atomic E-state index is 10.9. The van der Waals surface area contributed by atoms with E-state index in [4.69, 9.17) is 9.84 Å². The standard InChI is InChI=1S/C14H19NO3/c1-3-18-12-7-11(8-12)15-13-6-10(14(16)17)5-4-9(13)2/h4-6,11-12,15H,3,7-8H2,1-2H3,(H,16,17). The molecule has 0 spiro atoms. The lowest BCUT2D eigenvalue weighted by Gasteiger charge is -2.36. The first-order chi connectivity index (χ1) is 8.60. The highest BCUT2D eigenvalue weighted by atomic mass is 16.5. The highest BCUT2D eigenvalue weighted by molar-refractivity contribution is 5.89. The van der Waals surface area contributed by atoms with Crippen molar-refractivity contribution >= 4 is 11.7 Å². The van der Waals surface area contributed by atoms with Crippen LogP contribution >= 0.6 is 0 Å². The van der Waals surface area contributed by atoms with Crippen molar-refractivity contribution < 1.29 is 14.6 Å². The number of rotatable bonds is 5. The highest BCUT2D eigenvalue weighted by Gasteiger charge is 2.29. The fourth-order valence-electron chi connectivity index (χ4n) is 2.19. The molecule has 0 aliphatic heterocycles. The summed E-state index contributed by atoms with van der Waals surface area (Å²) in [6, 6.07) is 5.56. The first-order valence-electron chi connectivity index (χ1n) is 6.32. The van der Waals surface area contributed by atoms with Gasteiger partial charge in [-0.15, -0.1) is 0 Å². The lowest BCUT2D eigenvalue weighted by molar-refractivity contribution is 0.00297. The predicted octanol–water partition coefficient (Wildman–Crippen LogP) is 2.67. The topological polar surface area (TPSA) is 58.6 Å². The Labute approximate surface area is 107 Å². The van der Waals surface area contributed by atoms with E-state index in [2.05, 4.69) is 5.32 Å². The van der Waals surface area contributed by atoms with Gasteiger partial charge in [0.1, 0.15) is 0 Å². The molecule has 0 aromatic heterocycles. The molecule has 98 valence electrons. The van der Waals surface area contributed by atoms with Crippen LogP contribution in [0.2, 0.25) is 0 Å². The molecule has 0 bridgehead atoms. The lowest BCUT2D eigenvalue weighted by atomic mass is 9.88. The van der Waals surface area contributed by atoms with E-state index >= 15 is 0 Å². The molecule has 1 aliphatic carbocycles. The van der Waals surface area contributed by atoms with Gasteiger partial charge in [0.2, 0.25) is 0 Å². The third kappa shape index (κ3) is 2.82. The van der Waals surface area contributed by atoms with Crippen molar-refractivity contribution in [2.45, 2.75) is 38.8 Å². The maximum Gasteiger partial charge on any atom is 0.335 e. The molecule has 0 radical (unpaired) electrons. The van der Waals surface area contributed by atoms with Gasteiger partial charge < -0.3 is 15.2 Å². The third-order valence-electron chi connectivity index (χ3n) is 3.34. The number of ether oxygens (including phenoxy) is 1. The molecule has 2 N–H and O–H groups in total. The molecular weight excluding hydrogens is 230 g/mol. The summed E-state index contributed by atoms with van der Waals surface area (Å²) in [7, 11) is 0. The average Bonchev–Trinajstić information content (AvgIpc) is 2.28. The average molecular weight is 249 g/mol. The highest BCUT2D eigenvalue weighted by Crippen LogP contribution is 2.28. The molecule has 0 unspecified atom stereocenters. The van der Waals surface area contributed by atoms with E-state index < -0.39 is 5.97 Å². The molecule has 0 amide bonds. The molecule has 0 saturated heterocycles. The zero-order valence-electron chi connectivity index (χ0n) is 10.8. The second-order valence-electron chi connectivity index (χ2n) is 4.72. The Morgan fingerprint density at radius 3 is 2.83 bits per heavy atom. The molecule has 18 heavy (non-hydrogen) atoms. The fraction of sp³-hybridized carbons (Fsp3) is 0.500. The van der Waals surface area contributed by atoms with E-state index in [1.54, 1.807) is 12.1 Å². The van der Waals surface area contributed by atoms with Gasteiger partial charge in [-0.2, -0.15) is 0 Å². The normalized spacial score (nSPS) is 22.3. The summed E-state index contributed by atoms with van der Waals surface area (Å²) >= 11 is 0. The van der Waals surface area contributed by atoms with Gasteiger partial charge in [0.15, 0.2) is 0 Å². The van der Waals surface area contributed by atoms with E-state index in [-0.39, 0.29) is 0 Å². The van der Waals surface area contributed by atoms with Crippen LogP contribution in [0.25, 0.3) is 0 Å². The molecule has 1 fully saturated rings. The van der Waals surface area contributed by atoms with E-state index in [0.717, 1.165) is 30.7 Å². The number of carbonyl (C=O) groups is 1. The number of aryl methyl sites for hydroxylation is 1. The van der Waals surface area contributed by atoms with Crippen LogP contribution in [-0.4, -0.2) is 29.8 Å². The van der Waals surface area contributed by atoms with Crippen LogP contribution in [0.1, 0.15) is 35.7 Å². The smallest absolute Gasteiger partial charge is 0.335 e. The number of hydrogen-bond donors (Lipinski definition) is 2. The van der Waals surface area contributed by atoms with Crippen LogP contribution in [0.15, 0.2) is 18.2 Å². The van der Waals surface area contributed by atoms with Crippen molar-refractivity contribution in [2.75, 3.05) is 11.9 Å². The van der Waals surface area contributed by atoms with Crippen LogP contribution in [0.3, 0.4) is 0 Å². The van der Waals surface area contributed by atoms with Gasteiger partial charge in [-0.25, -0.2) is 4.79 Å². The SMILES string of the molecule is CCOC1CC(Nc2cc(C(=O)O)ccc2C)C1. The fourth-order valence-corrected chi connectivity index (χ4v) is 2.19. The Balaban J connectivity index is 1.97. The molecule has 2 rings (SSSR count). The van der Waals surface area contributed by atoms with Crippen LogP contribution in [-0.2, 0) is 4.74 Å². The van der Waals surface area contributed by atoms with E-state index in [1.165, 1.54) is 0 Å². The van der Waals surface area contributed by atoms with E-state index in [0.29, 0.717) is 17.7 Å². The summed E-state index contributed by atoms with van der Waals surface area (Å²) in [5, 5.41) is 12.4. The van der Waals surface area contributed by atoms with Crippen molar-refractivity contribution in [1.82, 2.24) is 0 Å². The van der Waals surface area contributed by atoms with Crippen molar-refractivity contribution in [1.29, 1.82) is 0 Å². The first-order valence-corrected chi connectivity index (χ1v) is 6.32. The quantitative estimate of drug-likeness (QED) is 0.842. The Kier molecular flexibility index (Phi) is 3.87. The summed E-state index contributed by atoms with van der Waals surface area (Å²) in [5.74, 6) is -0.890. The van der Waals surface area contributed by atoms with Crippen LogP contribution in [0, 0.1) is 6.92 Å². The summed E-state index contributed by atoms with van der Waals surface area (Å²) in [6.07, 6.45) is 2.34. The zero-order chi connectivity index (χ0) is 13.1. The summed E-state index contributed by atoms with van der Waals surface area (Å²) in [5.41, 5.74) is 2.30. The van der Waals surface area contributed by atoms with Crippen molar-refractivity contribution in [2.24, 2.45) is 0 Å². The molecule has 4 heteroatoms. The minimum Gasteiger partial charge on any atom is -0.478 e. The van der Waals surface area contributed by atoms with Crippen LogP contribution in [0.5, 0.6) is 0 Å². The zero-order valence-corrected chi connectivity index (χ0v) is 10.8. The number of benzene rings is 1. The maximum absolute atomic E-state index is 10.9. The van der Waals surface area contributed by atoms with Gasteiger partial charge >= 0.3 is 5.97 Å². The summed E-state index contributed by atoms with van der Waals surface area (Å²) in [4.78, 5) is 10.9. The lowest BCUT2D eigenvalue weighted by Crippen LogP contribution is -2.41. The van der Waals surface area contributed by atoms with Crippen molar-refractivity contribution in [3.05, 3.63) is 29.3 Å². The number of anilines is 1. The summed E-state index contributed by atoms with van der Waals surface area (Å²) < 4.78 is 5.50. The second-order valence-corrected chi connectivity index (χ2v) is 4.72. The molecule has 1 aliphatic rings. The molecule has 4 nitrogen and oxygen atoms in total. The van der Waals surface area contributed by atoms with E-state index in [9.17, 15) is 4.79 Å². The van der Waals surface area contributed by atoms with Gasteiger partial charge in [0, 0.05) is 18.3 Å².